The molecule has 1 aliphatic rings. The van der Waals surface area contributed by atoms with Gasteiger partial charge in [-0.2, -0.15) is 0 Å². The molecular formula is C13H19N3O3. The number of hydrogen-bond acceptors (Lipinski definition) is 5. The third-order valence-electron chi connectivity index (χ3n) is 3.25. The summed E-state index contributed by atoms with van der Waals surface area (Å²) < 4.78 is 5.64. The van der Waals surface area contributed by atoms with Gasteiger partial charge in [0.2, 0.25) is 0 Å². The van der Waals surface area contributed by atoms with E-state index in [1.54, 1.807) is 19.1 Å². The molecule has 1 aliphatic heterocycles. The van der Waals surface area contributed by atoms with E-state index in [1.165, 1.54) is 6.07 Å². The second kappa shape index (κ2) is 6.49. The first-order valence-electron chi connectivity index (χ1n) is 6.48. The molecule has 1 aromatic carbocycles. The van der Waals surface area contributed by atoms with Gasteiger partial charge in [-0.15, -0.1) is 0 Å². The number of nitro benzene ring substituents is 1. The molecule has 0 amide bonds. The van der Waals surface area contributed by atoms with Gasteiger partial charge in [-0.05, 0) is 19.1 Å². The van der Waals surface area contributed by atoms with Gasteiger partial charge in [0.25, 0.3) is 5.69 Å². The van der Waals surface area contributed by atoms with Crippen LogP contribution in [-0.2, 0) is 0 Å². The van der Waals surface area contributed by atoms with E-state index in [1.807, 2.05) is 0 Å². The molecular weight excluding hydrogens is 246 g/mol. The van der Waals surface area contributed by atoms with Gasteiger partial charge in [0.05, 0.1) is 4.92 Å². The minimum Gasteiger partial charge on any atom is -0.492 e. The van der Waals surface area contributed by atoms with Gasteiger partial charge in [0.1, 0.15) is 12.4 Å². The van der Waals surface area contributed by atoms with Crippen molar-refractivity contribution < 1.29 is 9.66 Å². The summed E-state index contributed by atoms with van der Waals surface area (Å²) in [4.78, 5) is 12.7. The highest BCUT2D eigenvalue weighted by atomic mass is 16.6. The number of hydrogen-bond donors (Lipinski definition) is 1. The Balaban J connectivity index is 1.82. The molecule has 6 nitrogen and oxygen atoms in total. The Morgan fingerprint density at radius 1 is 1.42 bits per heavy atom. The van der Waals surface area contributed by atoms with E-state index in [2.05, 4.69) is 10.2 Å². The molecule has 0 aliphatic carbocycles. The van der Waals surface area contributed by atoms with E-state index >= 15 is 0 Å². The molecule has 1 saturated heterocycles. The molecule has 0 aromatic heterocycles. The Bertz CT molecular complexity index is 445. The first-order chi connectivity index (χ1) is 9.16. The fourth-order valence-electron chi connectivity index (χ4n) is 2.15. The van der Waals surface area contributed by atoms with Crippen LogP contribution < -0.4 is 10.1 Å². The molecule has 0 bridgehead atoms. The van der Waals surface area contributed by atoms with Gasteiger partial charge >= 0.3 is 0 Å². The number of benzene rings is 1. The lowest BCUT2D eigenvalue weighted by molar-refractivity contribution is -0.385. The molecule has 1 aromatic rings. The van der Waals surface area contributed by atoms with Crippen LogP contribution in [0.4, 0.5) is 5.69 Å². The SMILES string of the molecule is Cc1cc(OCCN2CCNCC2)ccc1[N+](=O)[O-]. The molecule has 0 radical (unpaired) electrons. The quantitative estimate of drug-likeness (QED) is 0.639. The lowest BCUT2D eigenvalue weighted by Gasteiger charge is -2.26. The average molecular weight is 265 g/mol. The second-order valence-electron chi connectivity index (χ2n) is 4.65. The Hall–Kier alpha value is -1.66. The number of piperazine rings is 1. The second-order valence-corrected chi connectivity index (χ2v) is 4.65. The van der Waals surface area contributed by atoms with E-state index in [-0.39, 0.29) is 10.6 Å². The van der Waals surface area contributed by atoms with Gasteiger partial charge in [-0.25, -0.2) is 0 Å². The Morgan fingerprint density at radius 2 is 2.16 bits per heavy atom. The molecule has 0 saturated carbocycles. The smallest absolute Gasteiger partial charge is 0.272 e. The van der Waals surface area contributed by atoms with Gasteiger partial charge in [-0.1, -0.05) is 0 Å². The van der Waals surface area contributed by atoms with Crippen molar-refractivity contribution in [3.63, 3.8) is 0 Å². The van der Waals surface area contributed by atoms with Crippen LogP contribution in [0.15, 0.2) is 18.2 Å². The molecule has 0 spiro atoms. The fraction of sp³-hybridized carbons (Fsp3) is 0.538. The topological polar surface area (TPSA) is 67.6 Å². The van der Waals surface area contributed by atoms with E-state index < -0.39 is 0 Å². The van der Waals surface area contributed by atoms with Crippen LogP contribution in [0.3, 0.4) is 0 Å². The molecule has 2 rings (SSSR count). The van der Waals surface area contributed by atoms with E-state index in [0.29, 0.717) is 17.9 Å². The highest BCUT2D eigenvalue weighted by Crippen LogP contribution is 2.22. The maximum Gasteiger partial charge on any atom is 0.272 e. The Kier molecular flexibility index (Phi) is 4.70. The molecule has 1 heterocycles. The van der Waals surface area contributed by atoms with Crippen molar-refractivity contribution in [1.29, 1.82) is 0 Å². The van der Waals surface area contributed by atoms with Crippen LogP contribution in [0.25, 0.3) is 0 Å². The summed E-state index contributed by atoms with van der Waals surface area (Å²) in [5, 5.41) is 14.0. The zero-order valence-corrected chi connectivity index (χ0v) is 11.1. The van der Waals surface area contributed by atoms with Gasteiger partial charge in [-0.3, -0.25) is 15.0 Å². The predicted molar refractivity (Wildman–Crippen MR) is 72.6 cm³/mol. The number of rotatable bonds is 5. The number of nitrogens with one attached hydrogen (secondary N) is 1. The summed E-state index contributed by atoms with van der Waals surface area (Å²) in [6.07, 6.45) is 0. The van der Waals surface area contributed by atoms with Crippen LogP contribution in [-0.4, -0.2) is 49.2 Å². The van der Waals surface area contributed by atoms with Crippen LogP contribution in [0.5, 0.6) is 5.75 Å². The van der Waals surface area contributed by atoms with Crippen molar-refractivity contribution in [3.8, 4) is 5.75 Å². The van der Waals surface area contributed by atoms with Crippen molar-refractivity contribution >= 4 is 5.69 Å². The lowest BCUT2D eigenvalue weighted by atomic mass is 10.2. The van der Waals surface area contributed by atoms with Crippen molar-refractivity contribution in [1.82, 2.24) is 10.2 Å². The monoisotopic (exact) mass is 265 g/mol. The Labute approximate surface area is 112 Å². The predicted octanol–water partition coefficient (Wildman–Crippen LogP) is 1.19. The summed E-state index contributed by atoms with van der Waals surface area (Å²) in [6.45, 7) is 7.36. The van der Waals surface area contributed by atoms with Gasteiger partial charge in [0, 0.05) is 44.4 Å². The lowest BCUT2D eigenvalue weighted by Crippen LogP contribution is -2.44. The summed E-state index contributed by atoms with van der Waals surface area (Å²) in [5.74, 6) is 0.693. The number of nitro groups is 1. The van der Waals surface area contributed by atoms with Crippen LogP contribution in [0, 0.1) is 17.0 Å². The first kappa shape index (κ1) is 13.8. The average Bonchev–Trinajstić information content (AvgIpc) is 2.39. The van der Waals surface area contributed by atoms with Crippen molar-refractivity contribution in [3.05, 3.63) is 33.9 Å². The van der Waals surface area contributed by atoms with Crippen molar-refractivity contribution in [2.24, 2.45) is 0 Å². The number of aryl methyl sites for hydroxylation is 1. The first-order valence-corrected chi connectivity index (χ1v) is 6.48. The molecule has 1 N–H and O–H groups in total. The van der Waals surface area contributed by atoms with Gasteiger partial charge < -0.3 is 10.1 Å². The van der Waals surface area contributed by atoms with E-state index in [9.17, 15) is 10.1 Å². The third kappa shape index (κ3) is 3.90. The third-order valence-corrected chi connectivity index (χ3v) is 3.25. The van der Waals surface area contributed by atoms with Gasteiger partial charge in [0.15, 0.2) is 0 Å². The molecule has 104 valence electrons. The van der Waals surface area contributed by atoms with Crippen LogP contribution in [0.2, 0.25) is 0 Å². The largest absolute Gasteiger partial charge is 0.492 e. The highest BCUT2D eigenvalue weighted by Gasteiger charge is 2.12. The minimum atomic E-state index is -0.375. The van der Waals surface area contributed by atoms with Crippen molar-refractivity contribution in [2.75, 3.05) is 39.3 Å². The zero-order chi connectivity index (χ0) is 13.7. The molecule has 0 unspecified atom stereocenters. The van der Waals surface area contributed by atoms with Crippen molar-refractivity contribution in [2.45, 2.75) is 6.92 Å². The number of nitrogens with zero attached hydrogens (tertiary/aromatic N) is 2. The fourth-order valence-corrected chi connectivity index (χ4v) is 2.15. The van der Waals surface area contributed by atoms with Crippen LogP contribution in [0.1, 0.15) is 5.56 Å². The summed E-state index contributed by atoms with van der Waals surface area (Å²) in [5.41, 5.74) is 0.763. The standard InChI is InChI=1S/C13H19N3O3/c1-11-10-12(2-3-13(11)16(17)18)19-9-8-15-6-4-14-5-7-15/h2-3,10,14H,4-9H2,1H3. The molecule has 0 atom stereocenters. The minimum absolute atomic E-state index is 0.134. The summed E-state index contributed by atoms with van der Waals surface area (Å²) >= 11 is 0. The van der Waals surface area contributed by atoms with E-state index in [4.69, 9.17) is 4.74 Å². The van der Waals surface area contributed by atoms with E-state index in [0.717, 1.165) is 32.7 Å². The van der Waals surface area contributed by atoms with Crippen LogP contribution >= 0.6 is 0 Å². The Morgan fingerprint density at radius 3 is 2.79 bits per heavy atom. The summed E-state index contributed by atoms with van der Waals surface area (Å²) in [7, 11) is 0. The zero-order valence-electron chi connectivity index (χ0n) is 11.1. The number of ether oxygens (including phenoxy) is 1. The molecule has 1 fully saturated rings. The molecule has 19 heavy (non-hydrogen) atoms. The maximum absolute atomic E-state index is 10.7. The summed E-state index contributed by atoms with van der Waals surface area (Å²) in [6, 6.07) is 4.87. The highest BCUT2D eigenvalue weighted by molar-refractivity contribution is 5.44. The normalized spacial score (nSPS) is 16.3. The maximum atomic E-state index is 10.7. The molecule has 6 heteroatoms.